The molecule has 0 atom stereocenters. The van der Waals surface area contributed by atoms with E-state index < -0.39 is 0 Å². The molecule has 0 radical (unpaired) electrons. The largest absolute Gasteiger partial charge is 0.463 e. The minimum Gasteiger partial charge on any atom is -0.463 e. The number of ether oxygens (including phenoxy) is 1. The van der Waals surface area contributed by atoms with Gasteiger partial charge in [-0.2, -0.15) is 0 Å². The van der Waals surface area contributed by atoms with E-state index in [2.05, 4.69) is 36.6 Å². The van der Waals surface area contributed by atoms with Crippen molar-refractivity contribution >= 4 is 38.3 Å². The number of carbonyl (C=O) groups excluding carboxylic acids is 1. The average molecular weight is 294 g/mol. The average Bonchev–Trinajstić information content (AvgIpc) is 2.03. The number of hydrogen-bond donors (Lipinski definition) is 0. The van der Waals surface area contributed by atoms with Gasteiger partial charge in [-0.3, -0.25) is 4.79 Å². The van der Waals surface area contributed by atoms with Gasteiger partial charge in [0.15, 0.2) is 0 Å². The van der Waals surface area contributed by atoms with Crippen molar-refractivity contribution in [2.24, 2.45) is 0 Å². The zero-order valence-corrected chi connectivity index (χ0v) is 9.26. The van der Waals surface area contributed by atoms with Gasteiger partial charge in [0.2, 0.25) is 0 Å². The van der Waals surface area contributed by atoms with Crippen molar-refractivity contribution in [1.29, 1.82) is 0 Å². The Morgan fingerprint density at radius 1 is 1.42 bits per heavy atom. The van der Waals surface area contributed by atoms with Crippen molar-refractivity contribution < 1.29 is 9.53 Å². The second-order valence-corrected chi connectivity index (χ2v) is 3.91. The Balaban J connectivity index is 2.78. The molecular weight excluding hydrogens is 288 g/mol. The molecule has 0 saturated heterocycles. The lowest BCUT2D eigenvalue weighted by Crippen LogP contribution is -1.90. The summed E-state index contributed by atoms with van der Waals surface area (Å²) in [6.07, 6.45) is 0. The number of halogens is 2. The predicted molar refractivity (Wildman–Crippen MR) is 52.7 cm³/mol. The maximum absolute atomic E-state index is 9.91. The first kappa shape index (κ1) is 9.74. The molecule has 12 heavy (non-hydrogen) atoms. The lowest BCUT2D eigenvalue weighted by molar-refractivity contribution is -0.129. The van der Waals surface area contributed by atoms with E-state index in [1.807, 2.05) is 18.2 Å². The second-order valence-electron chi connectivity index (χ2n) is 2.14. The predicted octanol–water partition coefficient (Wildman–Crippen LogP) is 2.88. The van der Waals surface area contributed by atoms with Gasteiger partial charge in [-0.15, -0.1) is 0 Å². The standard InChI is InChI=1S/C8H6Br2O2/c9-7-2-1-6(4-12-5-11)8(10)3-7/h1-3,5H,4H2. The van der Waals surface area contributed by atoms with Crippen molar-refractivity contribution in [2.45, 2.75) is 6.61 Å². The lowest BCUT2D eigenvalue weighted by Gasteiger charge is -2.02. The van der Waals surface area contributed by atoms with E-state index in [1.54, 1.807) is 0 Å². The number of carbonyl (C=O) groups is 1. The van der Waals surface area contributed by atoms with Crippen LogP contribution in [0.5, 0.6) is 0 Å². The van der Waals surface area contributed by atoms with Crippen molar-refractivity contribution in [3.63, 3.8) is 0 Å². The Bertz CT molecular complexity index is 286. The SMILES string of the molecule is O=COCc1ccc(Br)cc1Br. The van der Waals surface area contributed by atoms with Crippen LogP contribution < -0.4 is 0 Å². The summed E-state index contributed by atoms with van der Waals surface area (Å²) in [7, 11) is 0. The van der Waals surface area contributed by atoms with Gasteiger partial charge in [0.05, 0.1) is 0 Å². The van der Waals surface area contributed by atoms with Crippen LogP contribution in [0.25, 0.3) is 0 Å². The van der Waals surface area contributed by atoms with Crippen LogP contribution in [0.3, 0.4) is 0 Å². The molecular formula is C8H6Br2O2. The van der Waals surface area contributed by atoms with E-state index in [-0.39, 0.29) is 0 Å². The van der Waals surface area contributed by atoms with Crippen LogP contribution in [0, 0.1) is 0 Å². The Morgan fingerprint density at radius 3 is 2.75 bits per heavy atom. The van der Waals surface area contributed by atoms with Crippen molar-refractivity contribution in [3.05, 3.63) is 32.7 Å². The fraction of sp³-hybridized carbons (Fsp3) is 0.125. The van der Waals surface area contributed by atoms with Gasteiger partial charge in [0.1, 0.15) is 6.61 Å². The highest BCUT2D eigenvalue weighted by Crippen LogP contribution is 2.22. The zero-order valence-electron chi connectivity index (χ0n) is 6.09. The molecule has 1 aromatic rings. The molecule has 0 unspecified atom stereocenters. The molecule has 0 fully saturated rings. The smallest absolute Gasteiger partial charge is 0.293 e. The molecule has 4 heteroatoms. The molecule has 0 aliphatic carbocycles. The first-order valence-corrected chi connectivity index (χ1v) is 4.82. The molecule has 64 valence electrons. The molecule has 0 bridgehead atoms. The third-order valence-corrected chi connectivity index (χ3v) is 2.55. The minimum absolute atomic E-state index is 0.303. The summed E-state index contributed by atoms with van der Waals surface area (Å²) in [5.74, 6) is 0. The number of rotatable bonds is 3. The third-order valence-electron chi connectivity index (χ3n) is 1.32. The molecule has 1 rings (SSSR count). The maximum Gasteiger partial charge on any atom is 0.293 e. The number of hydrogen-bond acceptors (Lipinski definition) is 2. The molecule has 0 aliphatic rings. The van der Waals surface area contributed by atoms with E-state index >= 15 is 0 Å². The molecule has 0 spiro atoms. The summed E-state index contributed by atoms with van der Waals surface area (Å²) in [6, 6.07) is 5.69. The van der Waals surface area contributed by atoms with Crippen LogP contribution in [-0.4, -0.2) is 6.47 Å². The first-order chi connectivity index (χ1) is 5.74. The molecule has 0 heterocycles. The maximum atomic E-state index is 9.91. The fourth-order valence-corrected chi connectivity index (χ4v) is 1.92. The monoisotopic (exact) mass is 292 g/mol. The van der Waals surface area contributed by atoms with Gasteiger partial charge in [-0.1, -0.05) is 37.9 Å². The van der Waals surface area contributed by atoms with Crippen molar-refractivity contribution in [1.82, 2.24) is 0 Å². The summed E-state index contributed by atoms with van der Waals surface area (Å²) in [4.78, 5) is 9.91. The first-order valence-electron chi connectivity index (χ1n) is 3.23. The zero-order chi connectivity index (χ0) is 8.97. The summed E-state index contributed by atoms with van der Waals surface area (Å²) in [5, 5.41) is 0. The van der Waals surface area contributed by atoms with Gasteiger partial charge in [-0.05, 0) is 12.1 Å². The highest BCUT2D eigenvalue weighted by Gasteiger charge is 1.99. The van der Waals surface area contributed by atoms with Crippen molar-refractivity contribution in [2.75, 3.05) is 0 Å². The van der Waals surface area contributed by atoms with Gasteiger partial charge < -0.3 is 4.74 Å². The lowest BCUT2D eigenvalue weighted by atomic mass is 10.2. The minimum atomic E-state index is 0.303. The highest BCUT2D eigenvalue weighted by atomic mass is 79.9. The fourth-order valence-electron chi connectivity index (χ4n) is 0.763. The third kappa shape index (κ3) is 2.60. The van der Waals surface area contributed by atoms with Crippen LogP contribution >= 0.6 is 31.9 Å². The Labute approximate surface area is 87.2 Å². The second kappa shape index (κ2) is 4.62. The Hall–Kier alpha value is -0.350. The Morgan fingerprint density at radius 2 is 2.17 bits per heavy atom. The molecule has 0 aliphatic heterocycles. The topological polar surface area (TPSA) is 26.3 Å². The van der Waals surface area contributed by atoms with Gasteiger partial charge in [-0.25, -0.2) is 0 Å². The van der Waals surface area contributed by atoms with Crippen LogP contribution in [0.15, 0.2) is 27.1 Å². The molecule has 0 N–H and O–H groups in total. The van der Waals surface area contributed by atoms with E-state index in [0.717, 1.165) is 14.5 Å². The molecule has 0 amide bonds. The summed E-state index contributed by atoms with van der Waals surface area (Å²) in [5.41, 5.74) is 0.949. The molecule has 2 nitrogen and oxygen atoms in total. The molecule has 0 saturated carbocycles. The van der Waals surface area contributed by atoms with E-state index in [0.29, 0.717) is 13.1 Å². The molecule has 0 aromatic heterocycles. The van der Waals surface area contributed by atoms with Crippen LogP contribution in [0.1, 0.15) is 5.56 Å². The van der Waals surface area contributed by atoms with Crippen molar-refractivity contribution in [3.8, 4) is 0 Å². The van der Waals surface area contributed by atoms with Crippen LogP contribution in [0.4, 0.5) is 0 Å². The number of benzene rings is 1. The Kier molecular flexibility index (Phi) is 3.75. The molecule has 1 aromatic carbocycles. The van der Waals surface area contributed by atoms with E-state index in [9.17, 15) is 4.79 Å². The van der Waals surface area contributed by atoms with Crippen LogP contribution in [-0.2, 0) is 16.1 Å². The summed E-state index contributed by atoms with van der Waals surface area (Å²) < 4.78 is 6.53. The van der Waals surface area contributed by atoms with Gasteiger partial charge in [0, 0.05) is 14.5 Å². The quantitative estimate of drug-likeness (QED) is 0.801. The van der Waals surface area contributed by atoms with Gasteiger partial charge in [0.25, 0.3) is 6.47 Å². The summed E-state index contributed by atoms with van der Waals surface area (Å²) in [6.45, 7) is 0.742. The van der Waals surface area contributed by atoms with Crippen LogP contribution in [0.2, 0.25) is 0 Å². The normalized spacial score (nSPS) is 9.50. The van der Waals surface area contributed by atoms with Gasteiger partial charge >= 0.3 is 0 Å². The summed E-state index contributed by atoms with van der Waals surface area (Å²) >= 11 is 6.68. The van der Waals surface area contributed by atoms with E-state index in [1.165, 1.54) is 0 Å². The highest BCUT2D eigenvalue weighted by molar-refractivity contribution is 9.11. The van der Waals surface area contributed by atoms with E-state index in [4.69, 9.17) is 0 Å².